The summed E-state index contributed by atoms with van der Waals surface area (Å²) in [5.41, 5.74) is 1.48. The maximum atomic E-state index is 13.0. The van der Waals surface area contributed by atoms with E-state index in [2.05, 4.69) is 5.32 Å². The van der Waals surface area contributed by atoms with Gasteiger partial charge in [-0.3, -0.25) is 14.4 Å². The van der Waals surface area contributed by atoms with Gasteiger partial charge in [-0.2, -0.15) is 0 Å². The second-order valence-corrected chi connectivity index (χ2v) is 8.81. The zero-order chi connectivity index (χ0) is 22.1. The molecule has 0 bridgehead atoms. The van der Waals surface area contributed by atoms with Crippen LogP contribution in [0.25, 0.3) is 0 Å². The largest absolute Gasteiger partial charge is 0.327 e. The van der Waals surface area contributed by atoms with Crippen LogP contribution >= 0.6 is 34.8 Å². The number of hydrogen-bond acceptors (Lipinski definition) is 3. The molecule has 31 heavy (non-hydrogen) atoms. The first-order valence-electron chi connectivity index (χ1n) is 10.0. The fraction of sp³-hybridized carbons (Fsp3) is 0.318. The first-order chi connectivity index (χ1) is 14.8. The highest BCUT2D eigenvalue weighted by Gasteiger charge is 2.35. The fourth-order valence-corrected chi connectivity index (χ4v) is 4.45. The third kappa shape index (κ3) is 4.52. The van der Waals surface area contributed by atoms with Gasteiger partial charge < -0.3 is 15.1 Å². The Labute approximate surface area is 195 Å². The van der Waals surface area contributed by atoms with E-state index in [9.17, 15) is 14.4 Å². The highest BCUT2D eigenvalue weighted by atomic mass is 35.5. The molecule has 2 aromatic rings. The van der Waals surface area contributed by atoms with Crippen molar-refractivity contribution in [1.82, 2.24) is 4.90 Å². The summed E-state index contributed by atoms with van der Waals surface area (Å²) in [4.78, 5) is 41.3. The van der Waals surface area contributed by atoms with Crippen LogP contribution < -0.4 is 10.2 Å². The van der Waals surface area contributed by atoms with E-state index in [4.69, 9.17) is 34.8 Å². The number of carbonyl (C=O) groups is 3. The van der Waals surface area contributed by atoms with Gasteiger partial charge in [-0.05, 0) is 55.7 Å². The number of carbonyl (C=O) groups excluding carboxylic acids is 3. The van der Waals surface area contributed by atoms with Gasteiger partial charge in [-0.25, -0.2) is 0 Å². The molecule has 2 saturated heterocycles. The molecule has 0 radical (unpaired) electrons. The lowest BCUT2D eigenvalue weighted by atomic mass is 10.1. The molecule has 1 unspecified atom stereocenters. The van der Waals surface area contributed by atoms with Crippen LogP contribution in [0, 0.1) is 0 Å². The van der Waals surface area contributed by atoms with Crippen LogP contribution in [0.1, 0.15) is 36.0 Å². The van der Waals surface area contributed by atoms with Crippen molar-refractivity contribution in [2.75, 3.05) is 23.3 Å². The number of anilines is 2. The molecular weight excluding hydrogens is 461 g/mol. The van der Waals surface area contributed by atoms with E-state index >= 15 is 0 Å². The molecule has 2 heterocycles. The van der Waals surface area contributed by atoms with E-state index in [1.54, 1.807) is 35.2 Å². The number of halogens is 3. The standard InChI is InChI=1S/C22H20Cl3N3O3/c23-15-7-5-13(11-17(15)25)22(31)28-10-1-3-19(28)21(30)26-18-12-14(6-8-16(18)24)27-9-2-4-20(27)29/h5-8,11-12,19H,1-4,9-10H2,(H,26,30). The molecule has 0 spiro atoms. The van der Waals surface area contributed by atoms with Crippen LogP contribution in [0.4, 0.5) is 11.4 Å². The Kier molecular flexibility index (Phi) is 6.42. The Bertz CT molecular complexity index is 1060. The third-order valence-electron chi connectivity index (χ3n) is 5.58. The fourth-order valence-electron chi connectivity index (χ4n) is 3.99. The Morgan fingerprint density at radius 3 is 2.42 bits per heavy atom. The SMILES string of the molecule is O=C(Nc1cc(N2CCCC2=O)ccc1Cl)C1CCCN1C(=O)c1ccc(Cl)c(Cl)c1. The summed E-state index contributed by atoms with van der Waals surface area (Å²) in [5.74, 6) is -0.551. The number of likely N-dealkylation sites (tertiary alicyclic amines) is 1. The highest BCUT2D eigenvalue weighted by Crippen LogP contribution is 2.31. The number of amides is 3. The number of nitrogens with zero attached hydrogens (tertiary/aromatic N) is 2. The predicted molar refractivity (Wildman–Crippen MR) is 122 cm³/mol. The molecule has 0 aliphatic carbocycles. The van der Waals surface area contributed by atoms with Gasteiger partial charge in [0.1, 0.15) is 6.04 Å². The van der Waals surface area contributed by atoms with Gasteiger partial charge in [0.05, 0.1) is 20.8 Å². The van der Waals surface area contributed by atoms with Crippen LogP contribution in [-0.2, 0) is 9.59 Å². The van der Waals surface area contributed by atoms with Gasteiger partial charge in [0, 0.05) is 30.8 Å². The molecule has 0 saturated carbocycles. The second kappa shape index (κ2) is 9.07. The minimum absolute atomic E-state index is 0.0498. The molecule has 2 fully saturated rings. The van der Waals surface area contributed by atoms with Gasteiger partial charge in [0.15, 0.2) is 0 Å². The van der Waals surface area contributed by atoms with Crippen molar-refractivity contribution in [3.8, 4) is 0 Å². The summed E-state index contributed by atoms with van der Waals surface area (Å²) in [6, 6.07) is 9.15. The van der Waals surface area contributed by atoms with Crippen LogP contribution in [0.15, 0.2) is 36.4 Å². The summed E-state index contributed by atoms with van der Waals surface area (Å²) in [6.07, 6.45) is 2.57. The summed E-state index contributed by atoms with van der Waals surface area (Å²) in [5, 5.41) is 3.85. The zero-order valence-corrected chi connectivity index (χ0v) is 18.8. The van der Waals surface area contributed by atoms with Crippen molar-refractivity contribution < 1.29 is 14.4 Å². The first-order valence-corrected chi connectivity index (χ1v) is 11.2. The Morgan fingerprint density at radius 2 is 1.71 bits per heavy atom. The topological polar surface area (TPSA) is 69.7 Å². The average Bonchev–Trinajstić information content (AvgIpc) is 3.40. The lowest BCUT2D eigenvalue weighted by Gasteiger charge is -2.25. The van der Waals surface area contributed by atoms with Crippen molar-refractivity contribution in [3.05, 3.63) is 57.0 Å². The summed E-state index contributed by atoms with van der Waals surface area (Å²) < 4.78 is 0. The van der Waals surface area contributed by atoms with Gasteiger partial charge >= 0.3 is 0 Å². The summed E-state index contributed by atoms with van der Waals surface area (Å²) in [6.45, 7) is 1.11. The normalized spacial score (nSPS) is 18.5. The molecule has 2 aromatic carbocycles. The van der Waals surface area contributed by atoms with Gasteiger partial charge in [0.2, 0.25) is 11.8 Å². The van der Waals surface area contributed by atoms with Crippen LogP contribution in [0.2, 0.25) is 15.1 Å². The smallest absolute Gasteiger partial charge is 0.254 e. The van der Waals surface area contributed by atoms with E-state index < -0.39 is 6.04 Å². The summed E-state index contributed by atoms with van der Waals surface area (Å²) in [7, 11) is 0. The Hall–Kier alpha value is -2.28. The quantitative estimate of drug-likeness (QED) is 0.668. The minimum atomic E-state index is -0.630. The molecule has 1 atom stereocenters. The monoisotopic (exact) mass is 479 g/mol. The average molecular weight is 481 g/mol. The number of nitrogens with one attached hydrogen (secondary N) is 1. The van der Waals surface area contributed by atoms with E-state index in [-0.39, 0.29) is 22.7 Å². The second-order valence-electron chi connectivity index (χ2n) is 7.59. The highest BCUT2D eigenvalue weighted by molar-refractivity contribution is 6.42. The maximum Gasteiger partial charge on any atom is 0.254 e. The van der Waals surface area contributed by atoms with Crippen LogP contribution in [0.3, 0.4) is 0 Å². The van der Waals surface area contributed by atoms with Gasteiger partial charge in [-0.1, -0.05) is 34.8 Å². The number of benzene rings is 2. The molecule has 0 aromatic heterocycles. The molecule has 3 amide bonds. The molecule has 1 N–H and O–H groups in total. The first kappa shape index (κ1) is 21.9. The van der Waals surface area contributed by atoms with E-state index in [0.717, 1.165) is 6.42 Å². The Balaban J connectivity index is 1.52. The van der Waals surface area contributed by atoms with Crippen molar-refractivity contribution >= 4 is 63.9 Å². The lowest BCUT2D eigenvalue weighted by molar-refractivity contribution is -0.119. The van der Waals surface area contributed by atoms with Crippen molar-refractivity contribution in [2.45, 2.75) is 31.7 Å². The summed E-state index contributed by atoms with van der Waals surface area (Å²) >= 11 is 18.3. The Morgan fingerprint density at radius 1 is 0.935 bits per heavy atom. The van der Waals surface area contributed by atoms with Gasteiger partial charge in [0.25, 0.3) is 5.91 Å². The van der Waals surface area contributed by atoms with Crippen LogP contribution in [0.5, 0.6) is 0 Å². The molecule has 4 rings (SSSR count). The minimum Gasteiger partial charge on any atom is -0.327 e. The van der Waals surface area contributed by atoms with E-state index in [0.29, 0.717) is 59.3 Å². The molecule has 2 aliphatic rings. The maximum absolute atomic E-state index is 13.0. The van der Waals surface area contributed by atoms with Crippen LogP contribution in [-0.4, -0.2) is 41.8 Å². The predicted octanol–water partition coefficient (Wildman–Crippen LogP) is 5.02. The van der Waals surface area contributed by atoms with Crippen molar-refractivity contribution in [1.29, 1.82) is 0 Å². The molecule has 162 valence electrons. The third-order valence-corrected chi connectivity index (χ3v) is 6.64. The molecular formula is C22H20Cl3N3O3. The molecule has 9 heteroatoms. The van der Waals surface area contributed by atoms with E-state index in [1.165, 1.54) is 11.0 Å². The molecule has 6 nitrogen and oxygen atoms in total. The molecule has 2 aliphatic heterocycles. The van der Waals surface area contributed by atoms with Crippen molar-refractivity contribution in [3.63, 3.8) is 0 Å². The number of hydrogen-bond donors (Lipinski definition) is 1. The lowest BCUT2D eigenvalue weighted by Crippen LogP contribution is -2.43. The van der Waals surface area contributed by atoms with Crippen molar-refractivity contribution in [2.24, 2.45) is 0 Å². The zero-order valence-electron chi connectivity index (χ0n) is 16.5. The number of rotatable bonds is 4. The van der Waals surface area contributed by atoms with Gasteiger partial charge in [-0.15, -0.1) is 0 Å². The van der Waals surface area contributed by atoms with E-state index in [1.807, 2.05) is 0 Å².